The Labute approximate surface area is 173 Å². The summed E-state index contributed by atoms with van der Waals surface area (Å²) in [6.45, 7) is 0. The van der Waals surface area contributed by atoms with Gasteiger partial charge in [0.2, 0.25) is 15.0 Å². The molecule has 2 aromatic heterocycles. The number of methoxy groups -OCH3 is 1. The molecule has 152 valence electrons. The van der Waals surface area contributed by atoms with Gasteiger partial charge < -0.3 is 9.64 Å². The van der Waals surface area contributed by atoms with Gasteiger partial charge >= 0.3 is 5.97 Å². The molecule has 0 N–H and O–H groups in total. The molecule has 0 aliphatic carbocycles. The summed E-state index contributed by atoms with van der Waals surface area (Å²) in [7, 11) is -0.476. The molecule has 0 bridgehead atoms. The number of para-hydroxylation sites is 1. The molecule has 0 radical (unpaired) electrons. The molecule has 0 spiro atoms. The third-order valence-corrected chi connectivity index (χ3v) is 5.57. The van der Waals surface area contributed by atoms with Gasteiger partial charge in [0, 0.05) is 36.0 Å². The van der Waals surface area contributed by atoms with E-state index in [2.05, 4.69) is 9.97 Å². The average Bonchev–Trinajstić information content (AvgIpc) is 2.76. The normalized spacial score (nSPS) is 11.6. The van der Waals surface area contributed by atoms with E-state index >= 15 is 0 Å². The first-order valence-electron chi connectivity index (χ1n) is 8.97. The van der Waals surface area contributed by atoms with Crippen molar-refractivity contribution >= 4 is 49.1 Å². The predicted octanol–water partition coefficient (Wildman–Crippen LogP) is 3.14. The van der Waals surface area contributed by atoms with Gasteiger partial charge in [0.15, 0.2) is 5.82 Å². The van der Waals surface area contributed by atoms with Crippen LogP contribution in [0, 0.1) is 0 Å². The summed E-state index contributed by atoms with van der Waals surface area (Å²) in [6, 6.07) is 14.5. The molecule has 4 aromatic rings. The van der Waals surface area contributed by atoms with Crippen molar-refractivity contribution in [2.45, 2.75) is 5.16 Å². The van der Waals surface area contributed by atoms with Crippen LogP contribution in [0.25, 0.3) is 21.8 Å². The van der Waals surface area contributed by atoms with Crippen LogP contribution < -0.4 is 4.90 Å². The summed E-state index contributed by atoms with van der Waals surface area (Å²) in [4.78, 5) is 26.8. The van der Waals surface area contributed by atoms with Crippen molar-refractivity contribution in [2.75, 3.05) is 25.3 Å². The number of anilines is 2. The Hall–Kier alpha value is -3.59. The van der Waals surface area contributed by atoms with Crippen LogP contribution in [0.2, 0.25) is 0 Å². The van der Waals surface area contributed by atoms with E-state index in [9.17, 15) is 13.2 Å². The van der Waals surface area contributed by atoms with Gasteiger partial charge in [-0.1, -0.05) is 24.3 Å². The number of hydrogen-bond donors (Lipinski definition) is 0. The molecule has 8 nitrogen and oxygen atoms in total. The van der Waals surface area contributed by atoms with Crippen LogP contribution in [-0.4, -0.2) is 49.8 Å². The summed E-state index contributed by atoms with van der Waals surface area (Å²) in [5.74, 6) is -0.0292. The number of hydrogen-bond acceptors (Lipinski definition) is 8. The van der Waals surface area contributed by atoms with Crippen molar-refractivity contribution < 1.29 is 17.9 Å². The number of aromatic nitrogens is 3. The number of sulfone groups is 1. The number of carbonyl (C=O) groups is 1. The van der Waals surface area contributed by atoms with Crippen LogP contribution in [0.4, 0.5) is 11.5 Å². The van der Waals surface area contributed by atoms with Crippen LogP contribution in [0.15, 0.2) is 59.9 Å². The zero-order valence-corrected chi connectivity index (χ0v) is 17.3. The van der Waals surface area contributed by atoms with Crippen molar-refractivity contribution in [1.82, 2.24) is 15.0 Å². The lowest BCUT2D eigenvalue weighted by Crippen LogP contribution is -2.14. The Morgan fingerprint density at radius 2 is 1.77 bits per heavy atom. The van der Waals surface area contributed by atoms with Crippen LogP contribution in [0.3, 0.4) is 0 Å². The van der Waals surface area contributed by atoms with Crippen molar-refractivity contribution in [3.05, 3.63) is 60.3 Å². The van der Waals surface area contributed by atoms with E-state index in [0.29, 0.717) is 33.2 Å². The number of pyridine rings is 1. The first-order chi connectivity index (χ1) is 14.3. The van der Waals surface area contributed by atoms with Crippen molar-refractivity contribution in [3.8, 4) is 0 Å². The molecule has 0 fully saturated rings. The maximum absolute atomic E-state index is 12.0. The summed E-state index contributed by atoms with van der Waals surface area (Å²) < 4.78 is 28.9. The summed E-state index contributed by atoms with van der Waals surface area (Å²) in [5.41, 5.74) is 2.14. The molecule has 4 rings (SSSR count). The van der Waals surface area contributed by atoms with Crippen molar-refractivity contribution in [1.29, 1.82) is 0 Å². The lowest BCUT2D eigenvalue weighted by Gasteiger charge is -2.20. The number of esters is 1. The maximum atomic E-state index is 12.0. The molecule has 0 saturated carbocycles. The smallest absolute Gasteiger partial charge is 0.337 e. The minimum Gasteiger partial charge on any atom is -0.465 e. The van der Waals surface area contributed by atoms with Crippen LogP contribution in [-0.2, 0) is 14.6 Å². The lowest BCUT2D eigenvalue weighted by molar-refractivity contribution is 0.0601. The van der Waals surface area contributed by atoms with Crippen LogP contribution in [0.5, 0.6) is 0 Å². The Morgan fingerprint density at radius 1 is 1.03 bits per heavy atom. The van der Waals surface area contributed by atoms with E-state index in [1.165, 1.54) is 13.3 Å². The second-order valence-electron chi connectivity index (χ2n) is 6.74. The molecule has 0 unspecified atom stereocenters. The molecule has 2 aromatic carbocycles. The molecule has 0 atom stereocenters. The van der Waals surface area contributed by atoms with Gasteiger partial charge in [-0.2, -0.15) is 0 Å². The lowest BCUT2D eigenvalue weighted by atomic mass is 10.1. The van der Waals surface area contributed by atoms with Crippen molar-refractivity contribution in [3.63, 3.8) is 0 Å². The third-order valence-electron chi connectivity index (χ3n) is 4.71. The molecule has 2 heterocycles. The Bertz CT molecular complexity index is 1390. The molecule has 30 heavy (non-hydrogen) atoms. The summed E-state index contributed by atoms with van der Waals surface area (Å²) >= 11 is 0. The van der Waals surface area contributed by atoms with E-state index in [-0.39, 0.29) is 5.16 Å². The highest BCUT2D eigenvalue weighted by atomic mass is 32.2. The highest BCUT2D eigenvalue weighted by Crippen LogP contribution is 2.33. The topological polar surface area (TPSA) is 102 Å². The van der Waals surface area contributed by atoms with Gasteiger partial charge in [-0.15, -0.1) is 0 Å². The molecule has 0 amide bonds. The molecule has 0 aliphatic heterocycles. The second-order valence-corrected chi connectivity index (χ2v) is 8.65. The minimum absolute atomic E-state index is 0.273. The van der Waals surface area contributed by atoms with E-state index in [1.54, 1.807) is 18.2 Å². The molecule has 0 saturated heterocycles. The Kier molecular flexibility index (Phi) is 4.83. The van der Waals surface area contributed by atoms with Gasteiger partial charge in [-0.3, -0.25) is 0 Å². The fourth-order valence-electron chi connectivity index (χ4n) is 3.18. The highest BCUT2D eigenvalue weighted by molar-refractivity contribution is 7.90. The average molecular weight is 422 g/mol. The quantitative estimate of drug-likeness (QED) is 0.281. The highest BCUT2D eigenvalue weighted by Gasteiger charge is 2.20. The van der Waals surface area contributed by atoms with Gasteiger partial charge in [-0.05, 0) is 24.3 Å². The maximum Gasteiger partial charge on any atom is 0.337 e. The SMILES string of the molecule is COC(=O)c1ccc2c(c1)nc(N(C)c1ccccc1)c1nc(S(C)(=O)=O)ncc12. The van der Waals surface area contributed by atoms with E-state index in [4.69, 9.17) is 9.72 Å². The Balaban J connectivity index is 2.06. The number of nitrogens with zero attached hydrogens (tertiary/aromatic N) is 4. The predicted molar refractivity (Wildman–Crippen MR) is 114 cm³/mol. The van der Waals surface area contributed by atoms with Gasteiger partial charge in [0.1, 0.15) is 5.52 Å². The number of benzene rings is 2. The molecule has 0 aliphatic rings. The van der Waals surface area contributed by atoms with E-state index in [1.807, 2.05) is 42.3 Å². The second kappa shape index (κ2) is 7.34. The molecular weight excluding hydrogens is 404 g/mol. The third kappa shape index (κ3) is 3.43. The zero-order chi connectivity index (χ0) is 21.5. The van der Waals surface area contributed by atoms with Crippen molar-refractivity contribution in [2.24, 2.45) is 0 Å². The largest absolute Gasteiger partial charge is 0.465 e. The van der Waals surface area contributed by atoms with Gasteiger partial charge in [0.05, 0.1) is 18.2 Å². The number of fused-ring (bicyclic) bond motifs is 3. The van der Waals surface area contributed by atoms with Gasteiger partial charge in [0.25, 0.3) is 0 Å². The first kappa shape index (κ1) is 19.7. The first-order valence-corrected chi connectivity index (χ1v) is 10.9. The monoisotopic (exact) mass is 422 g/mol. The number of ether oxygens (including phenoxy) is 1. The fourth-order valence-corrected chi connectivity index (χ4v) is 3.68. The zero-order valence-electron chi connectivity index (χ0n) is 16.5. The molecular formula is C21H18N4O4S. The van der Waals surface area contributed by atoms with E-state index in [0.717, 1.165) is 11.9 Å². The number of rotatable bonds is 4. The van der Waals surface area contributed by atoms with Crippen LogP contribution >= 0.6 is 0 Å². The molecule has 9 heteroatoms. The minimum atomic E-state index is -3.61. The van der Waals surface area contributed by atoms with Crippen LogP contribution in [0.1, 0.15) is 10.4 Å². The summed E-state index contributed by atoms with van der Waals surface area (Å²) in [5, 5.41) is 1.05. The standard InChI is InChI=1S/C21H18N4O4S/c1-25(14-7-5-4-6-8-14)19-18-16(12-22-21(24-18)30(3,27)28)15-10-9-13(20(26)29-2)11-17(15)23-19/h4-12H,1-3H3. The number of carbonyl (C=O) groups excluding carboxylic acids is 1. The summed E-state index contributed by atoms with van der Waals surface area (Å²) in [6.07, 6.45) is 2.54. The Morgan fingerprint density at radius 3 is 2.43 bits per heavy atom. The fraction of sp³-hybridized carbons (Fsp3) is 0.143. The van der Waals surface area contributed by atoms with E-state index < -0.39 is 15.8 Å². The van der Waals surface area contributed by atoms with Gasteiger partial charge in [-0.25, -0.2) is 28.2 Å².